The van der Waals surface area contributed by atoms with E-state index < -0.39 is 17.2 Å². The molecule has 1 aliphatic carbocycles. The van der Waals surface area contributed by atoms with Gasteiger partial charge >= 0.3 is 11.7 Å². The summed E-state index contributed by atoms with van der Waals surface area (Å²) in [5.41, 5.74) is 3.27. The number of aromatic nitrogens is 2. The van der Waals surface area contributed by atoms with Crippen molar-refractivity contribution in [1.82, 2.24) is 15.3 Å². The zero-order valence-electron chi connectivity index (χ0n) is 12.1. The Labute approximate surface area is 125 Å². The Kier molecular flexibility index (Phi) is 4.64. The standard InChI is InChI=1S/C13H18N4O5/c1-22-12(20)6-3-2-4-7(5-6)15-11(19)9-8(14)10(18)17-13(21)16-9/h6-7H,2-5,14H2,1H3,(H,15,19)(H2,16,17,18,21)/t6-,7?/m0/s1. The molecule has 1 heterocycles. The van der Waals surface area contributed by atoms with Gasteiger partial charge in [-0.25, -0.2) is 4.79 Å². The van der Waals surface area contributed by atoms with E-state index in [1.807, 2.05) is 4.98 Å². The molecule has 0 saturated heterocycles. The number of ether oxygens (including phenoxy) is 1. The quantitative estimate of drug-likeness (QED) is 0.532. The van der Waals surface area contributed by atoms with Crippen LogP contribution >= 0.6 is 0 Å². The maximum Gasteiger partial charge on any atom is 0.326 e. The number of amides is 1. The van der Waals surface area contributed by atoms with E-state index in [0.717, 1.165) is 6.42 Å². The van der Waals surface area contributed by atoms with Crippen molar-refractivity contribution in [3.8, 4) is 0 Å². The first-order valence-corrected chi connectivity index (χ1v) is 6.93. The molecule has 9 heteroatoms. The fraction of sp³-hybridized carbons (Fsp3) is 0.538. The van der Waals surface area contributed by atoms with Gasteiger partial charge in [-0.15, -0.1) is 0 Å². The molecule has 5 N–H and O–H groups in total. The van der Waals surface area contributed by atoms with Crippen molar-refractivity contribution in [2.75, 3.05) is 12.8 Å². The molecule has 0 aliphatic heterocycles. The number of methoxy groups -OCH3 is 1. The first-order valence-electron chi connectivity index (χ1n) is 6.93. The van der Waals surface area contributed by atoms with Crippen LogP contribution in [0.1, 0.15) is 36.2 Å². The number of esters is 1. The van der Waals surface area contributed by atoms with Crippen molar-refractivity contribution in [3.63, 3.8) is 0 Å². The van der Waals surface area contributed by atoms with Crippen LogP contribution in [0.4, 0.5) is 5.69 Å². The molecule has 1 saturated carbocycles. The zero-order chi connectivity index (χ0) is 16.3. The minimum Gasteiger partial charge on any atom is -0.469 e. The summed E-state index contributed by atoms with van der Waals surface area (Å²) in [6.07, 6.45) is 2.63. The highest BCUT2D eigenvalue weighted by atomic mass is 16.5. The van der Waals surface area contributed by atoms with E-state index in [-0.39, 0.29) is 29.3 Å². The van der Waals surface area contributed by atoms with Crippen molar-refractivity contribution >= 4 is 17.6 Å². The van der Waals surface area contributed by atoms with Gasteiger partial charge in [0.15, 0.2) is 0 Å². The molecule has 120 valence electrons. The number of rotatable bonds is 3. The molecule has 0 bridgehead atoms. The van der Waals surface area contributed by atoms with Gasteiger partial charge in [0, 0.05) is 6.04 Å². The van der Waals surface area contributed by atoms with Gasteiger partial charge in [-0.1, -0.05) is 6.42 Å². The third kappa shape index (κ3) is 3.35. The van der Waals surface area contributed by atoms with Crippen molar-refractivity contribution in [3.05, 3.63) is 26.5 Å². The number of nitrogen functional groups attached to an aromatic ring is 1. The van der Waals surface area contributed by atoms with Crippen LogP contribution in [-0.4, -0.2) is 35.0 Å². The van der Waals surface area contributed by atoms with Crippen LogP contribution in [0.3, 0.4) is 0 Å². The predicted molar refractivity (Wildman–Crippen MR) is 77.3 cm³/mol. The molecule has 1 fully saturated rings. The number of hydrogen-bond donors (Lipinski definition) is 4. The van der Waals surface area contributed by atoms with Gasteiger partial charge in [0.25, 0.3) is 11.5 Å². The minimum atomic E-state index is -0.815. The number of aromatic amines is 2. The molecule has 1 unspecified atom stereocenters. The second kappa shape index (κ2) is 6.46. The average Bonchev–Trinajstić information content (AvgIpc) is 2.50. The Morgan fingerprint density at radius 2 is 2.00 bits per heavy atom. The Hall–Kier alpha value is -2.58. The second-order valence-electron chi connectivity index (χ2n) is 5.25. The summed E-state index contributed by atoms with van der Waals surface area (Å²) >= 11 is 0. The molecule has 1 amide bonds. The largest absolute Gasteiger partial charge is 0.469 e. The summed E-state index contributed by atoms with van der Waals surface area (Å²) in [6.45, 7) is 0. The van der Waals surface area contributed by atoms with Gasteiger partial charge in [0.1, 0.15) is 11.4 Å². The molecule has 9 nitrogen and oxygen atoms in total. The molecule has 0 radical (unpaired) electrons. The highest BCUT2D eigenvalue weighted by Gasteiger charge is 2.29. The molecule has 2 atom stereocenters. The summed E-state index contributed by atoms with van der Waals surface area (Å²) in [6, 6.07) is -0.243. The lowest BCUT2D eigenvalue weighted by molar-refractivity contribution is -0.146. The van der Waals surface area contributed by atoms with E-state index >= 15 is 0 Å². The van der Waals surface area contributed by atoms with Crippen LogP contribution in [0.2, 0.25) is 0 Å². The molecule has 22 heavy (non-hydrogen) atoms. The van der Waals surface area contributed by atoms with E-state index in [4.69, 9.17) is 10.5 Å². The number of anilines is 1. The fourth-order valence-electron chi connectivity index (χ4n) is 2.63. The topological polar surface area (TPSA) is 147 Å². The highest BCUT2D eigenvalue weighted by Crippen LogP contribution is 2.25. The summed E-state index contributed by atoms with van der Waals surface area (Å²) in [4.78, 5) is 50.5. The second-order valence-corrected chi connectivity index (χ2v) is 5.25. The van der Waals surface area contributed by atoms with Crippen LogP contribution < -0.4 is 22.3 Å². The summed E-state index contributed by atoms with van der Waals surface area (Å²) in [7, 11) is 1.33. The first kappa shape index (κ1) is 15.8. The van der Waals surface area contributed by atoms with Crippen LogP contribution in [-0.2, 0) is 9.53 Å². The normalized spacial score (nSPS) is 21.1. The Morgan fingerprint density at radius 1 is 1.27 bits per heavy atom. The predicted octanol–water partition coefficient (Wildman–Crippen LogP) is -0.893. The van der Waals surface area contributed by atoms with E-state index in [1.54, 1.807) is 0 Å². The van der Waals surface area contributed by atoms with Gasteiger partial charge < -0.3 is 20.8 Å². The zero-order valence-corrected chi connectivity index (χ0v) is 12.1. The molecule has 1 aromatic rings. The lowest BCUT2D eigenvalue weighted by Crippen LogP contribution is -2.42. The maximum absolute atomic E-state index is 12.2. The van der Waals surface area contributed by atoms with E-state index in [2.05, 4.69) is 10.3 Å². The summed E-state index contributed by atoms with van der Waals surface area (Å²) in [5.74, 6) is -1.21. The van der Waals surface area contributed by atoms with Crippen LogP contribution in [0.15, 0.2) is 9.59 Å². The van der Waals surface area contributed by atoms with Gasteiger partial charge in [0.2, 0.25) is 0 Å². The van der Waals surface area contributed by atoms with Crippen LogP contribution in [0.5, 0.6) is 0 Å². The third-order valence-electron chi connectivity index (χ3n) is 3.75. The van der Waals surface area contributed by atoms with Crippen molar-refractivity contribution < 1.29 is 14.3 Å². The number of nitrogens with two attached hydrogens (primary N) is 1. The van der Waals surface area contributed by atoms with Crippen molar-refractivity contribution in [1.29, 1.82) is 0 Å². The number of carbonyl (C=O) groups excluding carboxylic acids is 2. The monoisotopic (exact) mass is 310 g/mol. The Bertz CT molecular complexity index is 692. The van der Waals surface area contributed by atoms with Gasteiger partial charge in [-0.2, -0.15) is 0 Å². The minimum absolute atomic E-state index is 0.243. The maximum atomic E-state index is 12.2. The number of H-pyrrole nitrogens is 2. The third-order valence-corrected chi connectivity index (χ3v) is 3.75. The molecular weight excluding hydrogens is 292 g/mol. The number of nitrogens with one attached hydrogen (secondary N) is 3. The molecule has 0 aromatic carbocycles. The first-order chi connectivity index (χ1) is 10.4. The van der Waals surface area contributed by atoms with E-state index in [0.29, 0.717) is 19.3 Å². The number of hydrogen-bond acceptors (Lipinski definition) is 6. The molecule has 0 spiro atoms. The molecular formula is C13H18N4O5. The average molecular weight is 310 g/mol. The van der Waals surface area contributed by atoms with Gasteiger partial charge in [0.05, 0.1) is 13.0 Å². The fourth-order valence-corrected chi connectivity index (χ4v) is 2.63. The lowest BCUT2D eigenvalue weighted by Gasteiger charge is -2.28. The molecule has 1 aliphatic rings. The SMILES string of the molecule is COC(=O)[C@H]1CCCC(NC(=O)c2[nH]c(=O)[nH]c(=O)c2N)C1. The number of carbonyl (C=O) groups is 2. The molecule has 1 aromatic heterocycles. The summed E-state index contributed by atoms with van der Waals surface area (Å²) in [5, 5.41) is 2.69. The van der Waals surface area contributed by atoms with Crippen LogP contribution in [0.25, 0.3) is 0 Å². The van der Waals surface area contributed by atoms with Crippen LogP contribution in [0, 0.1) is 5.92 Å². The molecule has 2 rings (SSSR count). The van der Waals surface area contributed by atoms with Crippen molar-refractivity contribution in [2.45, 2.75) is 31.7 Å². The van der Waals surface area contributed by atoms with Gasteiger partial charge in [-0.3, -0.25) is 19.4 Å². The summed E-state index contributed by atoms with van der Waals surface area (Å²) < 4.78 is 4.71. The van der Waals surface area contributed by atoms with Crippen molar-refractivity contribution in [2.24, 2.45) is 5.92 Å². The van der Waals surface area contributed by atoms with Gasteiger partial charge in [-0.05, 0) is 19.3 Å². The Balaban J connectivity index is 2.11. The van der Waals surface area contributed by atoms with E-state index in [1.165, 1.54) is 7.11 Å². The highest BCUT2D eigenvalue weighted by molar-refractivity contribution is 5.97. The van der Waals surface area contributed by atoms with E-state index in [9.17, 15) is 19.2 Å². The Morgan fingerprint density at radius 3 is 2.68 bits per heavy atom. The lowest BCUT2D eigenvalue weighted by atomic mass is 9.85. The smallest absolute Gasteiger partial charge is 0.326 e.